The van der Waals surface area contributed by atoms with E-state index in [-0.39, 0.29) is 80.3 Å². The van der Waals surface area contributed by atoms with Crippen molar-refractivity contribution in [3.05, 3.63) is 160 Å². The van der Waals surface area contributed by atoms with E-state index in [1.807, 2.05) is 0 Å². The minimum Gasteiger partial charge on any atom is -0.508 e. The molecular weight excluding hydrogens is 1190 g/mol. The minimum absolute atomic E-state index is 0.0360. The van der Waals surface area contributed by atoms with Gasteiger partial charge in [0.05, 0.1) is 25.3 Å². The summed E-state index contributed by atoms with van der Waals surface area (Å²) >= 11 is 6.11. The number of carbonyl (C=O) groups is 9. The summed E-state index contributed by atoms with van der Waals surface area (Å²) in [6.07, 6.45) is -1.58. The Kier molecular flexibility index (Phi) is 27.1. The number of benzene rings is 5. The van der Waals surface area contributed by atoms with Crippen molar-refractivity contribution in [2.45, 2.75) is 120 Å². The summed E-state index contributed by atoms with van der Waals surface area (Å²) in [5.74, 6) is -8.05. The largest absolute Gasteiger partial charge is 0.508 e. The number of methoxy groups -OCH3 is 1. The molecule has 5 aromatic rings. The van der Waals surface area contributed by atoms with Gasteiger partial charge in [-0.3, -0.25) is 43.2 Å². The highest BCUT2D eigenvalue weighted by Gasteiger charge is 2.37. The first kappa shape index (κ1) is 69.1. The predicted octanol–water partition coefficient (Wildman–Crippen LogP) is 2.59. The number of ether oxygens (including phenoxy) is 1. The number of Topliss-reactive ketones (excluding diaryl/α,β-unsaturated/α-hetero) is 2. The Morgan fingerprint density at radius 3 is 1.77 bits per heavy atom. The number of aliphatic hydroxyl groups is 1. The summed E-state index contributed by atoms with van der Waals surface area (Å²) in [6, 6.07) is 22.4. The van der Waals surface area contributed by atoms with E-state index >= 15 is 4.79 Å². The maximum atomic E-state index is 15.0. The van der Waals surface area contributed by atoms with Gasteiger partial charge in [-0.15, -0.1) is 0 Å². The van der Waals surface area contributed by atoms with Gasteiger partial charge in [0, 0.05) is 54.6 Å². The SMILES string of the molecule is COc1ccc(CC(=O)Cc2ccc(C[C@H]3NC(=O)[C@H](Cc4ccc(O)cc4)CC(=O)[C@H](NC(=O)[C@@H](N)Cc4ccc(Cl)cc4)CSSC[C@@H](C(=O)NC(Cc4ccc(O)cc4)C(N)=O)NC(=O)[C@H]([C@@H](C)O)NC(=O)[C@H](CCCCN)NC3=O)cc2)cc1. The van der Waals surface area contributed by atoms with Crippen LogP contribution in [0, 0.1) is 5.92 Å². The Hall–Kier alpha value is -8.00. The molecule has 1 aliphatic rings. The van der Waals surface area contributed by atoms with Crippen molar-refractivity contribution in [1.29, 1.82) is 0 Å². The van der Waals surface area contributed by atoms with E-state index in [2.05, 4.69) is 31.9 Å². The average Bonchev–Trinajstić information content (AvgIpc) is 3.25. The van der Waals surface area contributed by atoms with Crippen LogP contribution in [0.2, 0.25) is 5.02 Å². The number of unbranched alkanes of at least 4 members (excludes halogenated alkanes) is 1. The number of halogens is 1. The second-order valence-electron chi connectivity index (χ2n) is 21.6. The molecular formula is C63H76ClN9O13S2. The summed E-state index contributed by atoms with van der Waals surface area (Å²) in [6.45, 7) is 1.44. The molecule has 5 aromatic carbocycles. The van der Waals surface area contributed by atoms with Crippen LogP contribution in [0.25, 0.3) is 0 Å². The van der Waals surface area contributed by atoms with Crippen LogP contribution < -0.4 is 53.8 Å². The van der Waals surface area contributed by atoms with Crippen LogP contribution in [0.4, 0.5) is 0 Å². The van der Waals surface area contributed by atoms with Crippen molar-refractivity contribution >= 4 is 86.1 Å². The first-order chi connectivity index (χ1) is 42.1. The van der Waals surface area contributed by atoms with E-state index in [0.717, 1.165) is 27.2 Å². The van der Waals surface area contributed by atoms with Gasteiger partial charge in [-0.25, -0.2) is 0 Å². The van der Waals surface area contributed by atoms with E-state index in [0.29, 0.717) is 51.4 Å². The molecule has 1 unspecified atom stereocenters. The molecule has 1 aliphatic heterocycles. The molecule has 0 saturated carbocycles. The van der Waals surface area contributed by atoms with E-state index in [4.69, 9.17) is 33.5 Å². The van der Waals surface area contributed by atoms with Crippen LogP contribution in [-0.2, 0) is 81.7 Å². The van der Waals surface area contributed by atoms with Gasteiger partial charge in [-0.2, -0.15) is 0 Å². The molecule has 0 radical (unpaired) electrons. The quantitative estimate of drug-likeness (QED) is 0.0330. The Labute approximate surface area is 523 Å². The van der Waals surface area contributed by atoms with E-state index in [9.17, 15) is 53.7 Å². The molecule has 88 heavy (non-hydrogen) atoms. The summed E-state index contributed by atoms with van der Waals surface area (Å²) in [7, 11) is 3.53. The van der Waals surface area contributed by atoms with Gasteiger partial charge < -0.3 is 69.2 Å². The maximum Gasteiger partial charge on any atom is 0.245 e. The van der Waals surface area contributed by atoms with Crippen LogP contribution in [0.5, 0.6) is 17.2 Å². The predicted molar refractivity (Wildman–Crippen MR) is 336 cm³/mol. The number of phenols is 2. The number of hydrogen-bond donors (Lipinski definition) is 12. The number of nitrogens with two attached hydrogens (primary N) is 3. The number of nitrogens with one attached hydrogen (secondary N) is 6. The molecule has 25 heteroatoms. The lowest BCUT2D eigenvalue weighted by molar-refractivity contribution is -0.137. The standard InChI is InChI=1S/C63H76ClN9O13S2/c1-36(74)56-63(85)72-54(62(84)69-51(57(67)79)31-42-14-22-46(76)23-15-42)35-88-87-34-53(71-59(81)49(66)30-40-10-18-44(64)19-11-40)55(78)33-43(27-37-12-20-45(75)21-13-37)58(80)70-52(61(83)68-50(60(82)73-56)5-3-4-26-65)32-41-8-6-38(7-9-41)28-47(77)29-39-16-24-48(86-2)25-17-39/h6-25,36,43,49-54,56,74-76H,3-5,26-35,65-66H2,1-2H3,(H2,67,79)(H,68,83)(H,69,84)(H,70,80)(H,71,81)(H,72,85)(H,73,82)/t36-,43-,49+,50+,51?,52-,53-,54+,56+/m1/s1. The fraction of sp³-hybridized carbons (Fsp3) is 0.381. The van der Waals surface area contributed by atoms with Gasteiger partial charge >= 0.3 is 0 Å². The molecule has 0 bridgehead atoms. The number of aromatic hydroxyl groups is 2. The zero-order valence-electron chi connectivity index (χ0n) is 48.8. The number of aliphatic hydroxyl groups excluding tert-OH is 1. The molecule has 1 heterocycles. The molecule has 15 N–H and O–H groups in total. The van der Waals surface area contributed by atoms with Crippen LogP contribution in [0.15, 0.2) is 121 Å². The number of hydrogen-bond acceptors (Lipinski definition) is 17. The van der Waals surface area contributed by atoms with Crippen LogP contribution in [0.3, 0.4) is 0 Å². The van der Waals surface area contributed by atoms with Crippen LogP contribution in [-0.4, -0.2) is 142 Å². The summed E-state index contributed by atoms with van der Waals surface area (Å²) in [5, 5.41) is 47.6. The third-order valence-electron chi connectivity index (χ3n) is 14.6. The summed E-state index contributed by atoms with van der Waals surface area (Å²) in [4.78, 5) is 128. The number of amides is 7. The van der Waals surface area contributed by atoms with E-state index in [1.54, 1.807) is 92.0 Å². The van der Waals surface area contributed by atoms with Gasteiger partial charge in [-0.1, -0.05) is 106 Å². The molecule has 7 amide bonds. The highest BCUT2D eigenvalue weighted by atomic mass is 35.5. The molecule has 0 spiro atoms. The Bertz CT molecular complexity index is 3180. The zero-order chi connectivity index (χ0) is 63.9. The first-order valence-corrected chi connectivity index (χ1v) is 31.5. The highest BCUT2D eigenvalue weighted by Crippen LogP contribution is 2.26. The molecule has 9 atom stereocenters. The van der Waals surface area contributed by atoms with Gasteiger partial charge in [0.2, 0.25) is 41.4 Å². The molecule has 22 nitrogen and oxygen atoms in total. The third-order valence-corrected chi connectivity index (χ3v) is 17.2. The third kappa shape index (κ3) is 22.3. The van der Waals surface area contributed by atoms with E-state index < -0.39 is 108 Å². The van der Waals surface area contributed by atoms with Gasteiger partial charge in [0.15, 0.2) is 5.78 Å². The maximum absolute atomic E-state index is 15.0. The lowest BCUT2D eigenvalue weighted by Crippen LogP contribution is -2.62. The van der Waals surface area contributed by atoms with Crippen molar-refractivity contribution in [3.8, 4) is 17.2 Å². The van der Waals surface area contributed by atoms with Gasteiger partial charge in [0.1, 0.15) is 53.2 Å². The number of phenolic OH excluding ortho intramolecular Hbond substituents is 2. The summed E-state index contributed by atoms with van der Waals surface area (Å²) < 4.78 is 5.23. The topological polar surface area (TPSA) is 374 Å². The van der Waals surface area contributed by atoms with Crippen molar-refractivity contribution in [1.82, 2.24) is 31.9 Å². The van der Waals surface area contributed by atoms with Gasteiger partial charge in [0.25, 0.3) is 0 Å². The Morgan fingerprint density at radius 2 is 1.18 bits per heavy atom. The second-order valence-corrected chi connectivity index (χ2v) is 24.6. The van der Waals surface area contributed by atoms with Crippen LogP contribution in [0.1, 0.15) is 66.0 Å². The van der Waals surface area contributed by atoms with E-state index in [1.165, 1.54) is 43.3 Å². The van der Waals surface area contributed by atoms with Crippen molar-refractivity contribution < 1.29 is 63.2 Å². The number of primary amides is 1. The number of rotatable bonds is 23. The van der Waals surface area contributed by atoms with Gasteiger partial charge in [-0.05, 0) is 127 Å². The Balaban J connectivity index is 1.37. The minimum atomic E-state index is -1.75. The fourth-order valence-corrected chi connectivity index (χ4v) is 12.0. The number of ketones is 2. The lowest BCUT2D eigenvalue weighted by Gasteiger charge is -2.29. The molecule has 1 saturated heterocycles. The van der Waals surface area contributed by atoms with Crippen molar-refractivity contribution in [3.63, 3.8) is 0 Å². The smallest absolute Gasteiger partial charge is 0.245 e. The van der Waals surface area contributed by atoms with Crippen molar-refractivity contribution in [2.24, 2.45) is 23.1 Å². The van der Waals surface area contributed by atoms with Crippen molar-refractivity contribution in [2.75, 3.05) is 25.2 Å². The lowest BCUT2D eigenvalue weighted by atomic mass is 9.90. The first-order valence-electron chi connectivity index (χ1n) is 28.6. The molecule has 1 fully saturated rings. The number of carbonyl (C=O) groups excluding carboxylic acids is 9. The molecule has 0 aromatic heterocycles. The van der Waals surface area contributed by atoms with Crippen LogP contribution >= 0.6 is 33.2 Å². The monoisotopic (exact) mass is 1270 g/mol. The summed E-state index contributed by atoms with van der Waals surface area (Å²) in [5.41, 5.74) is 21.7. The molecule has 470 valence electrons. The Morgan fingerprint density at radius 1 is 0.659 bits per heavy atom. The second kappa shape index (κ2) is 34.5. The highest BCUT2D eigenvalue weighted by molar-refractivity contribution is 8.76. The average molecular weight is 1270 g/mol. The normalized spacial score (nSPS) is 20.1. The zero-order valence-corrected chi connectivity index (χ0v) is 51.2. The molecule has 6 rings (SSSR count). The fourth-order valence-electron chi connectivity index (χ4n) is 9.54. The molecule has 0 aliphatic carbocycles.